The van der Waals surface area contributed by atoms with Gasteiger partial charge in [0.2, 0.25) is 0 Å². The quantitative estimate of drug-likeness (QED) is 0.154. The first-order valence-electron chi connectivity index (χ1n) is 10.6. The fourth-order valence-electron chi connectivity index (χ4n) is 4.06. The van der Waals surface area contributed by atoms with Crippen LogP contribution in [0.1, 0.15) is 0 Å². The summed E-state index contributed by atoms with van der Waals surface area (Å²) in [5, 5.41) is 109. The first kappa shape index (κ1) is 27.9. The molecule has 3 aliphatic heterocycles. The molecule has 3 saturated heterocycles. The molecule has 0 amide bonds. The molecule has 0 saturated carbocycles. The Morgan fingerprint density at radius 3 is 1.35 bits per heavy atom. The lowest BCUT2D eigenvalue weighted by Crippen LogP contribution is -2.66. The molecule has 16 nitrogen and oxygen atoms in total. The van der Waals surface area contributed by atoms with Crippen molar-refractivity contribution in [2.45, 2.75) is 92.1 Å². The highest BCUT2D eigenvalue weighted by molar-refractivity contribution is 4.96. The number of aliphatic hydroxyl groups excluding tert-OH is 11. The maximum atomic E-state index is 10.6. The predicted molar refractivity (Wildman–Crippen MR) is 101 cm³/mol. The Labute approximate surface area is 192 Å². The Kier molecular flexibility index (Phi) is 9.54. The van der Waals surface area contributed by atoms with Crippen molar-refractivity contribution >= 4 is 0 Å². The van der Waals surface area contributed by atoms with E-state index in [0.29, 0.717) is 0 Å². The maximum Gasteiger partial charge on any atom is 0.187 e. The molecule has 3 fully saturated rings. The van der Waals surface area contributed by atoms with Crippen LogP contribution >= 0.6 is 0 Å². The summed E-state index contributed by atoms with van der Waals surface area (Å²) in [4.78, 5) is 0. The number of rotatable bonds is 7. The van der Waals surface area contributed by atoms with Crippen LogP contribution in [0.25, 0.3) is 0 Å². The van der Waals surface area contributed by atoms with Gasteiger partial charge in [-0.05, 0) is 0 Å². The molecule has 15 atom stereocenters. The minimum atomic E-state index is -1.91. The van der Waals surface area contributed by atoms with Gasteiger partial charge in [0.25, 0.3) is 0 Å². The number of hydrogen-bond donors (Lipinski definition) is 11. The first-order chi connectivity index (χ1) is 16.0. The van der Waals surface area contributed by atoms with Crippen LogP contribution in [0.15, 0.2) is 0 Å². The van der Waals surface area contributed by atoms with Crippen LogP contribution in [-0.2, 0) is 23.7 Å². The van der Waals surface area contributed by atoms with Crippen LogP contribution in [0.3, 0.4) is 0 Å². The van der Waals surface area contributed by atoms with Gasteiger partial charge in [-0.15, -0.1) is 0 Å². The van der Waals surface area contributed by atoms with Crippen molar-refractivity contribution in [2.24, 2.45) is 0 Å². The van der Waals surface area contributed by atoms with Crippen LogP contribution in [0.2, 0.25) is 0 Å². The Bertz CT molecular complexity index is 635. The van der Waals surface area contributed by atoms with Crippen LogP contribution < -0.4 is 0 Å². The molecule has 0 radical (unpaired) electrons. The number of ether oxygens (including phenoxy) is 5. The summed E-state index contributed by atoms with van der Waals surface area (Å²) in [6.45, 7) is -2.32. The minimum absolute atomic E-state index is 0.741. The predicted octanol–water partition coefficient (Wildman–Crippen LogP) is -7.57. The van der Waals surface area contributed by atoms with Crippen LogP contribution in [0, 0.1) is 0 Å². The van der Waals surface area contributed by atoms with Crippen LogP contribution in [0.4, 0.5) is 0 Å². The maximum absolute atomic E-state index is 10.6. The minimum Gasteiger partial charge on any atom is -0.394 e. The third kappa shape index (κ3) is 5.37. The van der Waals surface area contributed by atoms with E-state index in [1.54, 1.807) is 0 Å². The van der Waals surface area contributed by atoms with Gasteiger partial charge in [-0.3, -0.25) is 0 Å². The fourth-order valence-corrected chi connectivity index (χ4v) is 4.06. The summed E-state index contributed by atoms with van der Waals surface area (Å²) < 4.78 is 26.4. The molecule has 11 N–H and O–H groups in total. The summed E-state index contributed by atoms with van der Waals surface area (Å²) in [7, 11) is 0. The highest BCUT2D eigenvalue weighted by Gasteiger charge is 2.53. The van der Waals surface area contributed by atoms with Gasteiger partial charge in [-0.1, -0.05) is 0 Å². The van der Waals surface area contributed by atoms with Gasteiger partial charge in [0.15, 0.2) is 18.9 Å². The van der Waals surface area contributed by atoms with E-state index in [0.717, 1.165) is 0 Å². The van der Waals surface area contributed by atoms with Crippen molar-refractivity contribution in [2.75, 3.05) is 19.8 Å². The molecular weight excluding hydrogens is 472 g/mol. The third-order valence-electron chi connectivity index (χ3n) is 6.09. The Hall–Kier alpha value is -0.640. The summed E-state index contributed by atoms with van der Waals surface area (Å²) in [5.74, 6) is 0. The molecule has 34 heavy (non-hydrogen) atoms. The van der Waals surface area contributed by atoms with Crippen molar-refractivity contribution in [1.29, 1.82) is 0 Å². The van der Waals surface area contributed by atoms with E-state index < -0.39 is 112 Å². The van der Waals surface area contributed by atoms with E-state index in [1.807, 2.05) is 0 Å². The van der Waals surface area contributed by atoms with E-state index >= 15 is 0 Å². The molecule has 200 valence electrons. The molecule has 0 aliphatic carbocycles. The number of hydrogen-bond acceptors (Lipinski definition) is 16. The van der Waals surface area contributed by atoms with Crippen molar-refractivity contribution in [1.82, 2.24) is 0 Å². The summed E-state index contributed by atoms with van der Waals surface area (Å²) in [6, 6.07) is 0. The van der Waals surface area contributed by atoms with Gasteiger partial charge in [0.05, 0.1) is 19.8 Å². The summed E-state index contributed by atoms with van der Waals surface area (Å²) in [5.41, 5.74) is 0. The standard InChI is InChI=1S/C18H32O16/c19-1-4-7(22)8(23)12(27)17(31-4)34-15-6(3-21)32-18(13(28)10(15)25)33-14-5(2-20)30-16(29)11(26)9(14)24/h4-29H,1-3H2/t4-,5-,6-,7+,8+,9-,10-,11-,12-,13-,14-,15+,16-,17-,18+/m1/s1. The average Bonchev–Trinajstić information content (AvgIpc) is 2.83. The first-order valence-corrected chi connectivity index (χ1v) is 10.6. The van der Waals surface area contributed by atoms with Crippen molar-refractivity contribution in [3.63, 3.8) is 0 Å². The molecule has 0 aromatic rings. The van der Waals surface area contributed by atoms with E-state index in [4.69, 9.17) is 23.7 Å². The van der Waals surface area contributed by atoms with Crippen LogP contribution in [0.5, 0.6) is 0 Å². The average molecular weight is 504 g/mol. The number of aliphatic hydroxyl groups is 11. The molecule has 0 bridgehead atoms. The van der Waals surface area contributed by atoms with E-state index in [2.05, 4.69) is 0 Å². The zero-order valence-electron chi connectivity index (χ0n) is 17.7. The molecule has 0 aromatic carbocycles. The molecule has 0 aromatic heterocycles. The molecule has 16 heteroatoms. The van der Waals surface area contributed by atoms with E-state index in [-0.39, 0.29) is 0 Å². The van der Waals surface area contributed by atoms with Crippen molar-refractivity contribution in [3.8, 4) is 0 Å². The highest BCUT2D eigenvalue weighted by atomic mass is 16.8. The molecular formula is C18H32O16. The molecule has 3 rings (SSSR count). The monoisotopic (exact) mass is 504 g/mol. The van der Waals surface area contributed by atoms with E-state index in [1.165, 1.54) is 0 Å². The molecule has 0 unspecified atom stereocenters. The SMILES string of the molecule is OC[C@H]1O[C@H](O[C@@H]2[C@H](O)[C@@H](O)[C@H](O[C@H]3[C@H](O)[C@@H](O)[C@H](O)O[C@@H]3CO)O[C@@H]2CO)[C@H](O)[C@@H](O)[C@H]1O. The summed E-state index contributed by atoms with van der Waals surface area (Å²) >= 11 is 0. The Balaban J connectivity index is 1.72. The van der Waals surface area contributed by atoms with Gasteiger partial charge in [0.1, 0.15) is 73.2 Å². The lowest BCUT2D eigenvalue weighted by atomic mass is 9.96. The third-order valence-corrected chi connectivity index (χ3v) is 6.09. The Morgan fingerprint density at radius 2 is 0.853 bits per heavy atom. The second-order valence-corrected chi connectivity index (χ2v) is 8.33. The second kappa shape index (κ2) is 11.6. The normalized spacial score (nSPS) is 52.5. The zero-order valence-corrected chi connectivity index (χ0v) is 17.7. The lowest BCUT2D eigenvalue weighted by molar-refractivity contribution is -0.377. The van der Waals surface area contributed by atoms with Gasteiger partial charge >= 0.3 is 0 Å². The van der Waals surface area contributed by atoms with E-state index in [9.17, 15) is 56.2 Å². The lowest BCUT2D eigenvalue weighted by Gasteiger charge is -2.47. The van der Waals surface area contributed by atoms with Crippen molar-refractivity contribution in [3.05, 3.63) is 0 Å². The largest absolute Gasteiger partial charge is 0.394 e. The highest BCUT2D eigenvalue weighted by Crippen LogP contribution is 2.32. The Morgan fingerprint density at radius 1 is 0.441 bits per heavy atom. The van der Waals surface area contributed by atoms with Gasteiger partial charge in [0, 0.05) is 0 Å². The smallest absolute Gasteiger partial charge is 0.187 e. The van der Waals surface area contributed by atoms with Crippen molar-refractivity contribution < 1.29 is 79.9 Å². The zero-order chi connectivity index (χ0) is 25.3. The van der Waals surface area contributed by atoms with Gasteiger partial charge < -0.3 is 79.9 Å². The summed E-state index contributed by atoms with van der Waals surface area (Å²) in [6.07, 6.45) is -25.1. The second-order valence-electron chi connectivity index (χ2n) is 8.33. The van der Waals surface area contributed by atoms with Gasteiger partial charge in [-0.2, -0.15) is 0 Å². The fraction of sp³-hybridized carbons (Fsp3) is 1.00. The topological polar surface area (TPSA) is 269 Å². The van der Waals surface area contributed by atoms with Gasteiger partial charge in [-0.25, -0.2) is 0 Å². The van der Waals surface area contributed by atoms with Crippen LogP contribution in [-0.4, -0.2) is 168 Å². The molecule has 3 aliphatic rings. The molecule has 3 heterocycles. The molecule has 0 spiro atoms.